The highest BCUT2D eigenvalue weighted by molar-refractivity contribution is 7.80. The molecule has 25 heavy (non-hydrogen) atoms. The molecule has 1 aliphatic heterocycles. The molecule has 2 aromatic rings. The van der Waals surface area contributed by atoms with Crippen LogP contribution in [0.3, 0.4) is 0 Å². The van der Waals surface area contributed by atoms with Gasteiger partial charge in [0.25, 0.3) is 0 Å². The minimum atomic E-state index is -4.34. The van der Waals surface area contributed by atoms with Crippen molar-refractivity contribution in [1.29, 1.82) is 0 Å². The monoisotopic (exact) mass is 365 g/mol. The van der Waals surface area contributed by atoms with Crippen molar-refractivity contribution in [1.82, 2.24) is 9.88 Å². The number of halogens is 3. The molecule has 132 valence electrons. The highest BCUT2D eigenvalue weighted by Gasteiger charge is 2.30. The lowest BCUT2D eigenvalue weighted by Gasteiger charge is -2.37. The van der Waals surface area contributed by atoms with Crippen LogP contribution in [0.2, 0.25) is 0 Å². The van der Waals surface area contributed by atoms with Gasteiger partial charge in [-0.15, -0.1) is 0 Å². The van der Waals surface area contributed by atoms with Crippen molar-refractivity contribution in [2.45, 2.75) is 31.5 Å². The molecule has 0 unspecified atom stereocenters. The number of thiocarbonyl (C=S) groups is 1. The van der Waals surface area contributed by atoms with Crippen molar-refractivity contribution in [2.75, 3.05) is 11.9 Å². The van der Waals surface area contributed by atoms with Crippen LogP contribution in [0.25, 0.3) is 0 Å². The summed E-state index contributed by atoms with van der Waals surface area (Å²) in [7, 11) is 0. The lowest BCUT2D eigenvalue weighted by molar-refractivity contribution is -0.137. The zero-order chi connectivity index (χ0) is 17.9. The number of piperidine rings is 1. The second-order valence-corrected chi connectivity index (χ2v) is 6.38. The molecule has 0 bridgehead atoms. The molecule has 1 aliphatic rings. The van der Waals surface area contributed by atoms with Gasteiger partial charge in [0.2, 0.25) is 0 Å². The lowest BCUT2D eigenvalue weighted by atomic mass is 9.97. The van der Waals surface area contributed by atoms with Crippen LogP contribution in [0.15, 0.2) is 48.8 Å². The van der Waals surface area contributed by atoms with Crippen LogP contribution in [0.4, 0.5) is 18.9 Å². The first kappa shape index (κ1) is 17.7. The van der Waals surface area contributed by atoms with E-state index in [9.17, 15) is 13.2 Å². The highest BCUT2D eigenvalue weighted by Crippen LogP contribution is 2.32. The van der Waals surface area contributed by atoms with Crippen molar-refractivity contribution in [3.8, 4) is 0 Å². The number of pyridine rings is 1. The topological polar surface area (TPSA) is 28.2 Å². The number of nitrogens with one attached hydrogen (secondary N) is 1. The normalized spacial score (nSPS) is 18.0. The van der Waals surface area contributed by atoms with Gasteiger partial charge in [-0.1, -0.05) is 6.07 Å². The SMILES string of the molecule is FC(F)(F)c1ccc(NC(=S)N2CCCC[C@@H]2c2cccnc2)cc1. The Bertz CT molecular complexity index is 717. The smallest absolute Gasteiger partial charge is 0.342 e. The molecule has 1 N–H and O–H groups in total. The second kappa shape index (κ2) is 7.39. The van der Waals surface area contributed by atoms with Gasteiger partial charge in [0.1, 0.15) is 0 Å². The zero-order valence-corrected chi connectivity index (χ0v) is 14.3. The van der Waals surface area contributed by atoms with Gasteiger partial charge in [0.05, 0.1) is 11.6 Å². The molecular weight excluding hydrogens is 347 g/mol. The first-order valence-electron chi connectivity index (χ1n) is 8.10. The summed E-state index contributed by atoms with van der Waals surface area (Å²) in [6, 6.07) is 8.97. The van der Waals surface area contributed by atoms with Gasteiger partial charge in [-0.05, 0) is 67.4 Å². The Morgan fingerprint density at radius 2 is 1.92 bits per heavy atom. The Labute approximate surface area is 149 Å². The van der Waals surface area contributed by atoms with Crippen LogP contribution in [-0.2, 0) is 6.18 Å². The van der Waals surface area contributed by atoms with Crippen molar-refractivity contribution in [3.05, 3.63) is 59.9 Å². The van der Waals surface area contributed by atoms with E-state index in [4.69, 9.17) is 12.2 Å². The maximum atomic E-state index is 12.7. The van der Waals surface area contributed by atoms with E-state index in [1.165, 1.54) is 12.1 Å². The summed E-state index contributed by atoms with van der Waals surface area (Å²) in [6.45, 7) is 0.812. The molecule has 0 amide bonds. The van der Waals surface area contributed by atoms with Gasteiger partial charge in [0.15, 0.2) is 5.11 Å². The van der Waals surface area contributed by atoms with Crippen molar-refractivity contribution >= 4 is 23.0 Å². The Balaban J connectivity index is 1.73. The molecule has 3 nitrogen and oxygen atoms in total. The minimum Gasteiger partial charge on any atom is -0.342 e. The summed E-state index contributed by atoms with van der Waals surface area (Å²) >= 11 is 5.51. The molecule has 1 saturated heterocycles. The van der Waals surface area contributed by atoms with Gasteiger partial charge in [-0.25, -0.2) is 0 Å². The van der Waals surface area contributed by atoms with Crippen molar-refractivity contribution in [2.24, 2.45) is 0 Å². The molecule has 1 aromatic carbocycles. The number of likely N-dealkylation sites (tertiary alicyclic amines) is 1. The standard InChI is InChI=1S/C18H18F3N3S/c19-18(20,21)14-6-8-15(9-7-14)23-17(25)24-11-2-1-5-16(24)13-4-3-10-22-12-13/h3-4,6-10,12,16H,1-2,5,11H2,(H,23,25)/t16-/m1/s1. The van der Waals surface area contributed by atoms with E-state index in [0.29, 0.717) is 10.8 Å². The third-order valence-corrected chi connectivity index (χ3v) is 4.63. The third-order valence-electron chi connectivity index (χ3n) is 4.30. The summed E-state index contributed by atoms with van der Waals surface area (Å²) in [5, 5.41) is 3.58. The molecule has 0 spiro atoms. The Kier molecular flexibility index (Phi) is 5.22. The molecule has 1 aromatic heterocycles. The molecule has 0 radical (unpaired) electrons. The molecule has 7 heteroatoms. The molecule has 1 atom stereocenters. The van der Waals surface area contributed by atoms with E-state index in [0.717, 1.165) is 43.5 Å². The van der Waals surface area contributed by atoms with Crippen LogP contribution in [0.1, 0.15) is 36.4 Å². The fraction of sp³-hybridized carbons (Fsp3) is 0.333. The largest absolute Gasteiger partial charge is 0.416 e. The number of alkyl halides is 3. The quantitative estimate of drug-likeness (QED) is 0.756. The van der Waals surface area contributed by atoms with Crippen LogP contribution in [0, 0.1) is 0 Å². The van der Waals surface area contributed by atoms with Crippen LogP contribution in [0.5, 0.6) is 0 Å². The number of hydrogen-bond donors (Lipinski definition) is 1. The predicted molar refractivity (Wildman–Crippen MR) is 95.2 cm³/mol. The molecule has 3 rings (SSSR count). The van der Waals surface area contributed by atoms with Gasteiger partial charge < -0.3 is 10.2 Å². The van der Waals surface area contributed by atoms with E-state index in [1.807, 2.05) is 18.3 Å². The van der Waals surface area contributed by atoms with Gasteiger partial charge in [-0.3, -0.25) is 4.98 Å². The first-order valence-corrected chi connectivity index (χ1v) is 8.51. The first-order chi connectivity index (χ1) is 11.9. The second-order valence-electron chi connectivity index (χ2n) is 6.00. The maximum absolute atomic E-state index is 12.7. The summed E-state index contributed by atoms with van der Waals surface area (Å²) in [4.78, 5) is 6.26. The fourth-order valence-electron chi connectivity index (χ4n) is 3.03. The third kappa shape index (κ3) is 4.28. The van der Waals surface area contributed by atoms with E-state index in [-0.39, 0.29) is 6.04 Å². The summed E-state index contributed by atoms with van der Waals surface area (Å²) in [5.74, 6) is 0. The Morgan fingerprint density at radius 1 is 1.16 bits per heavy atom. The maximum Gasteiger partial charge on any atom is 0.416 e. The average Bonchev–Trinajstić information content (AvgIpc) is 2.62. The summed E-state index contributed by atoms with van der Waals surface area (Å²) in [5.41, 5.74) is 0.974. The van der Waals surface area contributed by atoms with Crippen LogP contribution in [-0.4, -0.2) is 21.5 Å². The van der Waals surface area contributed by atoms with Gasteiger partial charge in [-0.2, -0.15) is 13.2 Å². The Morgan fingerprint density at radius 3 is 2.56 bits per heavy atom. The van der Waals surface area contributed by atoms with E-state index < -0.39 is 11.7 Å². The zero-order valence-electron chi connectivity index (χ0n) is 13.5. The molecular formula is C18H18F3N3S. The van der Waals surface area contributed by atoms with Crippen LogP contribution >= 0.6 is 12.2 Å². The van der Waals surface area contributed by atoms with E-state index >= 15 is 0 Å². The predicted octanol–water partition coefficient (Wildman–Crippen LogP) is 5.02. The molecule has 2 heterocycles. The number of hydrogen-bond acceptors (Lipinski definition) is 2. The number of anilines is 1. The fourth-order valence-corrected chi connectivity index (χ4v) is 3.37. The van der Waals surface area contributed by atoms with E-state index in [2.05, 4.69) is 15.2 Å². The van der Waals surface area contributed by atoms with Gasteiger partial charge >= 0.3 is 6.18 Å². The highest BCUT2D eigenvalue weighted by atomic mass is 32.1. The lowest BCUT2D eigenvalue weighted by Crippen LogP contribution is -2.41. The average molecular weight is 365 g/mol. The molecule has 1 fully saturated rings. The molecule has 0 aliphatic carbocycles. The number of aromatic nitrogens is 1. The van der Waals surface area contributed by atoms with Crippen molar-refractivity contribution in [3.63, 3.8) is 0 Å². The molecule has 0 saturated carbocycles. The van der Waals surface area contributed by atoms with Crippen molar-refractivity contribution < 1.29 is 13.2 Å². The van der Waals surface area contributed by atoms with E-state index in [1.54, 1.807) is 6.20 Å². The summed E-state index contributed by atoms with van der Waals surface area (Å²) in [6.07, 6.45) is 2.35. The Hall–Kier alpha value is -2.15. The minimum absolute atomic E-state index is 0.136. The van der Waals surface area contributed by atoms with Gasteiger partial charge in [0, 0.05) is 24.6 Å². The number of nitrogens with zero attached hydrogens (tertiary/aromatic N) is 2. The summed E-state index contributed by atoms with van der Waals surface area (Å²) < 4.78 is 38.0. The number of benzene rings is 1. The van der Waals surface area contributed by atoms with Crippen LogP contribution < -0.4 is 5.32 Å². The number of rotatable bonds is 2.